The van der Waals surface area contributed by atoms with Crippen LogP contribution in [0.4, 0.5) is 0 Å². The Balaban J connectivity index is 2.46. The summed E-state index contributed by atoms with van der Waals surface area (Å²) in [6.45, 7) is 11.0. The van der Waals surface area contributed by atoms with E-state index in [1.807, 2.05) is 0 Å². The molecule has 0 aromatic rings. The maximum absolute atomic E-state index is 8.35. The van der Waals surface area contributed by atoms with Gasteiger partial charge in [-0.2, -0.15) is 0 Å². The zero-order valence-electron chi connectivity index (χ0n) is 10.4. The van der Waals surface area contributed by atoms with E-state index >= 15 is 0 Å². The van der Waals surface area contributed by atoms with Gasteiger partial charge in [0.05, 0.1) is 0 Å². The van der Waals surface area contributed by atoms with Gasteiger partial charge < -0.3 is 4.43 Å². The number of rotatable bonds is 5. The van der Waals surface area contributed by atoms with Gasteiger partial charge in [-0.25, -0.2) is 0 Å². The summed E-state index contributed by atoms with van der Waals surface area (Å²) in [7, 11) is -1.33. The van der Waals surface area contributed by atoms with Crippen LogP contribution in [0.2, 0.25) is 11.6 Å². The van der Waals surface area contributed by atoms with Gasteiger partial charge in [-0.15, -0.1) is 0 Å². The first-order valence-corrected chi connectivity index (χ1v) is 7.99. The highest BCUT2D eigenvalue weighted by Crippen LogP contribution is 2.33. The van der Waals surface area contributed by atoms with Gasteiger partial charge in [0.2, 0.25) is 0 Å². The summed E-state index contributed by atoms with van der Waals surface area (Å²) in [5, 5.41) is 3.70. The second kappa shape index (κ2) is 5.52. The molecule has 1 saturated carbocycles. The van der Waals surface area contributed by atoms with Crippen molar-refractivity contribution in [2.24, 2.45) is 5.11 Å². The Labute approximate surface area is 99.0 Å². The SMILES string of the molecule is C=C1CC[C@H](O[SiH](C)C(C)(C)CN=[N+]=[N-])C1. The maximum atomic E-state index is 8.35. The quantitative estimate of drug-likeness (QED) is 0.238. The molecule has 0 heterocycles. The molecule has 16 heavy (non-hydrogen) atoms. The van der Waals surface area contributed by atoms with Gasteiger partial charge in [0.1, 0.15) is 0 Å². The smallest absolute Gasteiger partial charge is 0.180 e. The summed E-state index contributed by atoms with van der Waals surface area (Å²) in [5.74, 6) is 0. The molecule has 0 aromatic heterocycles. The molecule has 1 unspecified atom stereocenters. The van der Waals surface area contributed by atoms with Crippen LogP contribution in [0.3, 0.4) is 0 Å². The minimum absolute atomic E-state index is 0.0240. The van der Waals surface area contributed by atoms with Crippen LogP contribution >= 0.6 is 0 Å². The fourth-order valence-corrected chi connectivity index (χ4v) is 3.34. The molecule has 2 atom stereocenters. The molecular weight excluding hydrogens is 218 g/mol. The van der Waals surface area contributed by atoms with Gasteiger partial charge >= 0.3 is 0 Å². The fourth-order valence-electron chi connectivity index (χ4n) is 1.82. The zero-order chi connectivity index (χ0) is 12.2. The predicted octanol–water partition coefficient (Wildman–Crippen LogP) is 3.56. The van der Waals surface area contributed by atoms with Gasteiger partial charge in [-0.05, 0) is 36.4 Å². The zero-order valence-corrected chi connectivity index (χ0v) is 11.6. The van der Waals surface area contributed by atoms with E-state index in [0.717, 1.165) is 19.3 Å². The summed E-state index contributed by atoms with van der Waals surface area (Å²) in [6, 6.07) is 0. The van der Waals surface area contributed by atoms with Crippen molar-refractivity contribution in [1.29, 1.82) is 0 Å². The summed E-state index contributed by atoms with van der Waals surface area (Å²) in [4.78, 5) is 2.82. The second-order valence-corrected chi connectivity index (χ2v) is 8.39. The van der Waals surface area contributed by atoms with Crippen LogP contribution in [-0.4, -0.2) is 21.7 Å². The van der Waals surface area contributed by atoms with Crippen molar-refractivity contribution in [2.75, 3.05) is 6.54 Å². The van der Waals surface area contributed by atoms with Gasteiger partial charge in [0.25, 0.3) is 0 Å². The van der Waals surface area contributed by atoms with Crippen molar-refractivity contribution in [1.82, 2.24) is 0 Å². The van der Waals surface area contributed by atoms with Crippen molar-refractivity contribution < 1.29 is 4.43 Å². The third-order valence-electron chi connectivity index (χ3n) is 3.37. The summed E-state index contributed by atoms with van der Waals surface area (Å²) >= 11 is 0. The molecule has 0 radical (unpaired) electrons. The topological polar surface area (TPSA) is 58.0 Å². The third-order valence-corrected chi connectivity index (χ3v) is 6.55. The highest BCUT2D eigenvalue weighted by atomic mass is 28.3. The summed E-state index contributed by atoms with van der Waals surface area (Å²) in [5.41, 5.74) is 9.66. The summed E-state index contributed by atoms with van der Waals surface area (Å²) < 4.78 is 6.14. The van der Waals surface area contributed by atoms with Gasteiger partial charge in [0, 0.05) is 17.6 Å². The van der Waals surface area contributed by atoms with Crippen LogP contribution in [0, 0.1) is 0 Å². The molecule has 0 spiro atoms. The Bertz CT molecular complexity index is 310. The van der Waals surface area contributed by atoms with Crippen LogP contribution in [0.15, 0.2) is 17.3 Å². The number of nitrogens with zero attached hydrogens (tertiary/aromatic N) is 3. The van der Waals surface area contributed by atoms with E-state index in [2.05, 4.69) is 37.0 Å². The van der Waals surface area contributed by atoms with Gasteiger partial charge in [-0.1, -0.05) is 31.1 Å². The first-order chi connectivity index (χ1) is 7.45. The molecule has 0 aliphatic heterocycles. The lowest BCUT2D eigenvalue weighted by molar-refractivity contribution is 0.203. The lowest BCUT2D eigenvalue weighted by Gasteiger charge is -2.31. The van der Waals surface area contributed by atoms with E-state index in [9.17, 15) is 0 Å². The second-order valence-electron chi connectivity index (χ2n) is 5.27. The largest absolute Gasteiger partial charge is 0.417 e. The Kier molecular flexibility index (Phi) is 4.59. The Morgan fingerprint density at radius 3 is 2.88 bits per heavy atom. The average molecular weight is 239 g/mol. The molecule has 5 heteroatoms. The maximum Gasteiger partial charge on any atom is 0.180 e. The van der Waals surface area contributed by atoms with E-state index in [1.54, 1.807) is 0 Å². The van der Waals surface area contributed by atoms with Gasteiger partial charge in [-0.3, -0.25) is 0 Å². The van der Waals surface area contributed by atoms with E-state index in [1.165, 1.54) is 5.57 Å². The molecular formula is C11H21N3OSi. The molecule has 4 nitrogen and oxygen atoms in total. The highest BCUT2D eigenvalue weighted by Gasteiger charge is 2.31. The van der Waals surface area contributed by atoms with Crippen molar-refractivity contribution >= 4 is 9.04 Å². The fraction of sp³-hybridized carbons (Fsp3) is 0.818. The molecule has 0 saturated heterocycles. The van der Waals surface area contributed by atoms with Crippen molar-refractivity contribution in [3.63, 3.8) is 0 Å². The monoisotopic (exact) mass is 239 g/mol. The molecule has 1 aliphatic carbocycles. The van der Waals surface area contributed by atoms with Crippen molar-refractivity contribution in [2.45, 2.75) is 50.8 Å². The van der Waals surface area contributed by atoms with E-state index < -0.39 is 9.04 Å². The lowest BCUT2D eigenvalue weighted by atomic mass is 10.2. The molecule has 1 aliphatic rings. The molecule has 0 aromatic carbocycles. The van der Waals surface area contributed by atoms with E-state index in [-0.39, 0.29) is 5.04 Å². The third kappa shape index (κ3) is 3.67. The van der Waals surface area contributed by atoms with E-state index in [4.69, 9.17) is 9.96 Å². The molecule has 1 rings (SSSR count). The molecule has 0 N–H and O–H groups in total. The minimum Gasteiger partial charge on any atom is -0.417 e. The predicted molar refractivity (Wildman–Crippen MR) is 68.9 cm³/mol. The number of hydrogen-bond donors (Lipinski definition) is 0. The van der Waals surface area contributed by atoms with Crippen LogP contribution in [0.25, 0.3) is 10.4 Å². The molecule has 0 bridgehead atoms. The average Bonchev–Trinajstić information content (AvgIpc) is 2.61. The van der Waals surface area contributed by atoms with Crippen LogP contribution < -0.4 is 0 Å². The van der Waals surface area contributed by atoms with Crippen molar-refractivity contribution in [3.8, 4) is 0 Å². The van der Waals surface area contributed by atoms with Crippen LogP contribution in [0.5, 0.6) is 0 Å². The van der Waals surface area contributed by atoms with Crippen molar-refractivity contribution in [3.05, 3.63) is 22.6 Å². The Hall–Kier alpha value is -0.773. The standard InChI is InChI=1S/C11H21N3OSi/c1-9-5-6-10(7-9)15-16(4)11(2,3)8-13-14-12/h10,16H,1,5-8H2,2-4H3/t10-,16?/m0/s1. The van der Waals surface area contributed by atoms with Crippen LogP contribution in [0.1, 0.15) is 33.1 Å². The highest BCUT2D eigenvalue weighted by molar-refractivity contribution is 6.54. The number of hydrogen-bond acceptors (Lipinski definition) is 2. The first-order valence-electron chi connectivity index (χ1n) is 5.78. The summed E-state index contributed by atoms with van der Waals surface area (Å²) in [6.07, 6.45) is 3.57. The van der Waals surface area contributed by atoms with Gasteiger partial charge in [0.15, 0.2) is 9.04 Å². The first kappa shape index (κ1) is 13.3. The van der Waals surface area contributed by atoms with Crippen LogP contribution in [-0.2, 0) is 4.43 Å². The molecule has 1 fully saturated rings. The molecule has 0 amide bonds. The minimum atomic E-state index is -1.33. The normalized spacial score (nSPS) is 22.9. The Morgan fingerprint density at radius 1 is 1.69 bits per heavy atom. The lowest BCUT2D eigenvalue weighted by Crippen LogP contribution is -2.33. The number of azide groups is 1. The van der Waals surface area contributed by atoms with E-state index in [0.29, 0.717) is 12.6 Å². The Morgan fingerprint density at radius 2 is 2.38 bits per heavy atom. The molecule has 90 valence electrons.